The van der Waals surface area contributed by atoms with Crippen LogP contribution in [0.25, 0.3) is 11.4 Å². The lowest BCUT2D eigenvalue weighted by atomic mass is 10.1. The van der Waals surface area contributed by atoms with Crippen LogP contribution in [0.1, 0.15) is 43.0 Å². The summed E-state index contributed by atoms with van der Waals surface area (Å²) in [5.41, 5.74) is 2.57. The van der Waals surface area contributed by atoms with Crippen LogP contribution in [-0.4, -0.2) is 20.3 Å². The lowest BCUT2D eigenvalue weighted by Crippen LogP contribution is -2.34. The molecule has 1 aliphatic carbocycles. The molecule has 29 heavy (non-hydrogen) atoms. The van der Waals surface area contributed by atoms with Gasteiger partial charge in [-0.3, -0.25) is 9.36 Å². The Hall–Kier alpha value is -2.86. The molecular weight excluding hydrogens is 388 g/mol. The summed E-state index contributed by atoms with van der Waals surface area (Å²) in [6, 6.07) is 15.3. The largest absolute Gasteiger partial charge is 0.348 e. The monoisotopic (exact) mass is 410 g/mol. The molecule has 0 aliphatic heterocycles. The third-order valence-electron chi connectivity index (χ3n) is 5.11. The summed E-state index contributed by atoms with van der Waals surface area (Å²) in [6.07, 6.45) is 1.86. The molecule has 1 aliphatic rings. The van der Waals surface area contributed by atoms with Crippen molar-refractivity contribution in [1.29, 1.82) is 0 Å². The Morgan fingerprint density at radius 3 is 2.69 bits per heavy atom. The SMILES string of the molecule is Cc1cccc(C(C)NC(=O)Cn2nc(-c3ccccc3Cl)n(C3CC3)c2=O)c1. The van der Waals surface area contributed by atoms with E-state index < -0.39 is 0 Å². The van der Waals surface area contributed by atoms with Crippen molar-refractivity contribution in [3.63, 3.8) is 0 Å². The van der Waals surface area contributed by atoms with E-state index in [1.807, 2.05) is 56.3 Å². The topological polar surface area (TPSA) is 68.9 Å². The highest BCUT2D eigenvalue weighted by Gasteiger charge is 2.31. The molecule has 0 saturated heterocycles. The number of hydrogen-bond donors (Lipinski definition) is 1. The molecule has 1 atom stereocenters. The summed E-state index contributed by atoms with van der Waals surface area (Å²) in [6.45, 7) is 3.80. The molecule has 1 N–H and O–H groups in total. The lowest BCUT2D eigenvalue weighted by Gasteiger charge is -2.14. The highest BCUT2D eigenvalue weighted by atomic mass is 35.5. The first kappa shape index (κ1) is 19.5. The van der Waals surface area contributed by atoms with Crippen LogP contribution >= 0.6 is 11.6 Å². The number of nitrogens with zero attached hydrogens (tertiary/aromatic N) is 3. The summed E-state index contributed by atoms with van der Waals surface area (Å²) >= 11 is 6.33. The quantitative estimate of drug-likeness (QED) is 0.670. The van der Waals surface area contributed by atoms with E-state index in [-0.39, 0.29) is 30.2 Å². The summed E-state index contributed by atoms with van der Waals surface area (Å²) in [7, 11) is 0. The van der Waals surface area contributed by atoms with Gasteiger partial charge in [0.05, 0.1) is 11.1 Å². The number of carbonyl (C=O) groups is 1. The molecule has 0 bridgehead atoms. The van der Waals surface area contributed by atoms with Gasteiger partial charge in [-0.15, -0.1) is 5.10 Å². The second kappa shape index (κ2) is 7.87. The number of rotatable bonds is 6. The van der Waals surface area contributed by atoms with Crippen LogP contribution in [0.3, 0.4) is 0 Å². The van der Waals surface area contributed by atoms with E-state index in [0.717, 1.165) is 24.0 Å². The number of amides is 1. The summed E-state index contributed by atoms with van der Waals surface area (Å²) in [4.78, 5) is 25.5. The number of nitrogens with one attached hydrogen (secondary N) is 1. The number of aryl methyl sites for hydroxylation is 1. The van der Waals surface area contributed by atoms with E-state index in [4.69, 9.17) is 11.6 Å². The summed E-state index contributed by atoms with van der Waals surface area (Å²) < 4.78 is 2.90. The Balaban J connectivity index is 1.58. The van der Waals surface area contributed by atoms with Crippen molar-refractivity contribution in [2.24, 2.45) is 0 Å². The molecule has 0 spiro atoms. The van der Waals surface area contributed by atoms with Gasteiger partial charge in [0.2, 0.25) is 5.91 Å². The Morgan fingerprint density at radius 2 is 2.00 bits per heavy atom. The Morgan fingerprint density at radius 1 is 1.24 bits per heavy atom. The van der Waals surface area contributed by atoms with Gasteiger partial charge in [0.1, 0.15) is 6.54 Å². The van der Waals surface area contributed by atoms with Crippen LogP contribution in [0, 0.1) is 6.92 Å². The Kier molecular flexibility index (Phi) is 5.28. The van der Waals surface area contributed by atoms with Crippen LogP contribution in [0.15, 0.2) is 53.3 Å². The van der Waals surface area contributed by atoms with Gasteiger partial charge in [-0.05, 0) is 44.4 Å². The number of benzene rings is 2. The molecule has 1 heterocycles. The summed E-state index contributed by atoms with van der Waals surface area (Å²) in [5.74, 6) is 0.259. The normalized spacial score (nSPS) is 14.6. The van der Waals surface area contributed by atoms with Gasteiger partial charge in [0.25, 0.3) is 0 Å². The van der Waals surface area contributed by atoms with Crippen LogP contribution < -0.4 is 11.0 Å². The first-order valence-electron chi connectivity index (χ1n) is 9.74. The average Bonchev–Trinajstić information content (AvgIpc) is 3.47. The molecule has 1 aromatic heterocycles. The van der Waals surface area contributed by atoms with E-state index >= 15 is 0 Å². The minimum absolute atomic E-state index is 0.122. The zero-order valence-corrected chi connectivity index (χ0v) is 17.2. The van der Waals surface area contributed by atoms with E-state index in [1.54, 1.807) is 10.6 Å². The standard InChI is InChI=1S/C22H23ClN4O2/c1-14-6-5-7-16(12-14)15(2)24-20(28)13-26-22(29)27(17-10-11-17)21(25-26)18-8-3-4-9-19(18)23/h3-9,12,15,17H,10-11,13H2,1-2H3,(H,24,28). The predicted molar refractivity (Wildman–Crippen MR) is 113 cm³/mol. The molecule has 1 saturated carbocycles. The molecule has 4 rings (SSSR count). The third kappa shape index (κ3) is 4.12. The smallest absolute Gasteiger partial charge is 0.346 e. The van der Waals surface area contributed by atoms with E-state index in [9.17, 15) is 9.59 Å². The molecule has 6 nitrogen and oxygen atoms in total. The van der Waals surface area contributed by atoms with Crippen molar-refractivity contribution < 1.29 is 4.79 Å². The maximum atomic E-state index is 12.9. The van der Waals surface area contributed by atoms with Crippen LogP contribution in [0.4, 0.5) is 0 Å². The second-order valence-corrected chi connectivity index (χ2v) is 7.96. The van der Waals surface area contributed by atoms with E-state index in [2.05, 4.69) is 10.4 Å². The van der Waals surface area contributed by atoms with Gasteiger partial charge in [0, 0.05) is 11.6 Å². The fourth-order valence-electron chi connectivity index (χ4n) is 3.46. The fraction of sp³-hybridized carbons (Fsp3) is 0.318. The van der Waals surface area contributed by atoms with Crippen molar-refractivity contribution in [3.8, 4) is 11.4 Å². The molecule has 7 heteroatoms. The molecule has 3 aromatic rings. The zero-order chi connectivity index (χ0) is 20.5. The molecule has 1 fully saturated rings. The maximum Gasteiger partial charge on any atom is 0.346 e. The van der Waals surface area contributed by atoms with Crippen molar-refractivity contribution in [2.75, 3.05) is 0 Å². The summed E-state index contributed by atoms with van der Waals surface area (Å²) in [5, 5.41) is 7.94. The number of hydrogen-bond acceptors (Lipinski definition) is 3. The molecule has 1 amide bonds. The Bertz CT molecular complexity index is 1110. The van der Waals surface area contributed by atoms with Crippen molar-refractivity contribution in [2.45, 2.75) is 45.3 Å². The van der Waals surface area contributed by atoms with Gasteiger partial charge < -0.3 is 5.32 Å². The van der Waals surface area contributed by atoms with Crippen molar-refractivity contribution in [3.05, 3.63) is 75.2 Å². The maximum absolute atomic E-state index is 12.9. The highest BCUT2D eigenvalue weighted by molar-refractivity contribution is 6.33. The average molecular weight is 411 g/mol. The molecular formula is C22H23ClN4O2. The minimum Gasteiger partial charge on any atom is -0.348 e. The first-order chi connectivity index (χ1) is 13.9. The number of aromatic nitrogens is 3. The lowest BCUT2D eigenvalue weighted by molar-refractivity contribution is -0.122. The van der Waals surface area contributed by atoms with Gasteiger partial charge in [-0.1, -0.05) is 53.6 Å². The number of carbonyl (C=O) groups excluding carboxylic acids is 1. The van der Waals surface area contributed by atoms with Crippen LogP contribution in [0.2, 0.25) is 5.02 Å². The fourth-order valence-corrected chi connectivity index (χ4v) is 3.68. The van der Waals surface area contributed by atoms with Gasteiger partial charge in [0.15, 0.2) is 5.82 Å². The van der Waals surface area contributed by atoms with E-state index in [0.29, 0.717) is 16.4 Å². The molecule has 150 valence electrons. The molecule has 2 aromatic carbocycles. The van der Waals surface area contributed by atoms with Gasteiger partial charge in [-0.2, -0.15) is 0 Å². The minimum atomic E-state index is -0.277. The predicted octanol–water partition coefficient (Wildman–Crippen LogP) is 3.89. The highest BCUT2D eigenvalue weighted by Crippen LogP contribution is 2.37. The first-order valence-corrected chi connectivity index (χ1v) is 10.1. The molecule has 0 radical (unpaired) electrons. The molecule has 1 unspecified atom stereocenters. The second-order valence-electron chi connectivity index (χ2n) is 7.55. The van der Waals surface area contributed by atoms with Gasteiger partial charge >= 0.3 is 5.69 Å². The van der Waals surface area contributed by atoms with E-state index in [1.165, 1.54) is 4.68 Å². The number of halogens is 1. The van der Waals surface area contributed by atoms with Crippen molar-refractivity contribution >= 4 is 17.5 Å². The zero-order valence-electron chi connectivity index (χ0n) is 16.4. The van der Waals surface area contributed by atoms with Crippen molar-refractivity contribution in [1.82, 2.24) is 19.7 Å². The third-order valence-corrected chi connectivity index (χ3v) is 5.44. The van der Waals surface area contributed by atoms with Crippen LogP contribution in [-0.2, 0) is 11.3 Å². The van der Waals surface area contributed by atoms with Crippen LogP contribution in [0.5, 0.6) is 0 Å². The van der Waals surface area contributed by atoms with Gasteiger partial charge in [-0.25, -0.2) is 9.48 Å². The Labute approximate surface area is 174 Å².